The molecule has 3 nitrogen and oxygen atoms in total. The average Bonchev–Trinajstić information content (AvgIpc) is 2.20. The molecule has 0 saturated heterocycles. The first-order valence-electron chi connectivity index (χ1n) is 5.54. The number of hydrogen-bond acceptors (Lipinski definition) is 3. The molecule has 2 unspecified atom stereocenters. The number of ether oxygens (including phenoxy) is 1. The van der Waals surface area contributed by atoms with Gasteiger partial charge in [0.15, 0.2) is 0 Å². The molecule has 0 bridgehead atoms. The summed E-state index contributed by atoms with van der Waals surface area (Å²) in [6.07, 6.45) is 4.42. The summed E-state index contributed by atoms with van der Waals surface area (Å²) in [6.45, 7) is 1.85. The third-order valence-electron chi connectivity index (χ3n) is 2.97. The third-order valence-corrected chi connectivity index (χ3v) is 3.73. The highest BCUT2D eigenvalue weighted by Gasteiger charge is 2.38. The van der Waals surface area contributed by atoms with Gasteiger partial charge < -0.3 is 9.84 Å². The van der Waals surface area contributed by atoms with E-state index in [4.69, 9.17) is 4.74 Å². The van der Waals surface area contributed by atoms with Crippen LogP contribution in [-0.4, -0.2) is 27.2 Å². The summed E-state index contributed by atoms with van der Waals surface area (Å²) in [6, 6.07) is 0. The lowest BCUT2D eigenvalue weighted by Crippen LogP contribution is -2.45. The van der Waals surface area contributed by atoms with Gasteiger partial charge in [-0.25, -0.2) is 0 Å². The van der Waals surface area contributed by atoms with Gasteiger partial charge in [-0.3, -0.25) is 4.79 Å². The topological polar surface area (TPSA) is 46.5 Å². The number of hydrogen-bond donors (Lipinski definition) is 1. The second kappa shape index (κ2) is 6.03. The van der Waals surface area contributed by atoms with E-state index in [0.29, 0.717) is 6.42 Å². The zero-order chi connectivity index (χ0) is 11.3. The Labute approximate surface area is 105 Å². The lowest BCUT2D eigenvalue weighted by Gasteiger charge is -2.37. The highest BCUT2D eigenvalue weighted by molar-refractivity contribution is 14.1. The minimum atomic E-state index is -0.638. The zero-order valence-electron chi connectivity index (χ0n) is 9.17. The molecule has 0 aromatic rings. The summed E-state index contributed by atoms with van der Waals surface area (Å²) in [7, 11) is 0. The fraction of sp³-hybridized carbons (Fsp3) is 0.909. The van der Waals surface area contributed by atoms with Crippen LogP contribution in [0.2, 0.25) is 0 Å². The normalized spacial score (nSPS) is 31.3. The van der Waals surface area contributed by atoms with Crippen LogP contribution in [0.3, 0.4) is 0 Å². The standard InChI is InChI=1S/C11H19IO3/c1-11(7-3-2-5-9(11)13)15-10(14)6-4-8-12/h9,13H,2-8H2,1H3. The Kier molecular flexibility index (Phi) is 5.32. The first-order chi connectivity index (χ1) is 7.08. The highest BCUT2D eigenvalue weighted by Crippen LogP contribution is 2.31. The second-order valence-electron chi connectivity index (χ2n) is 4.34. The smallest absolute Gasteiger partial charge is 0.306 e. The molecule has 0 aliphatic heterocycles. The lowest BCUT2D eigenvalue weighted by molar-refractivity contribution is -0.176. The maximum Gasteiger partial charge on any atom is 0.306 e. The fourth-order valence-electron chi connectivity index (χ4n) is 1.93. The van der Waals surface area contributed by atoms with Crippen molar-refractivity contribution in [2.75, 3.05) is 4.43 Å². The molecule has 1 N–H and O–H groups in total. The molecule has 0 radical (unpaired) electrons. The van der Waals surface area contributed by atoms with Crippen molar-refractivity contribution in [3.8, 4) is 0 Å². The SMILES string of the molecule is CC1(OC(=O)CCCI)CCCCC1O. The number of rotatable bonds is 4. The molecule has 1 aliphatic carbocycles. The summed E-state index contributed by atoms with van der Waals surface area (Å²) in [4.78, 5) is 11.5. The van der Waals surface area contributed by atoms with E-state index in [0.717, 1.165) is 36.5 Å². The Morgan fingerprint density at radius 3 is 2.93 bits per heavy atom. The molecular formula is C11H19IO3. The van der Waals surface area contributed by atoms with Crippen LogP contribution >= 0.6 is 22.6 Å². The van der Waals surface area contributed by atoms with Crippen LogP contribution in [0.25, 0.3) is 0 Å². The zero-order valence-corrected chi connectivity index (χ0v) is 11.3. The van der Waals surface area contributed by atoms with E-state index in [9.17, 15) is 9.90 Å². The van der Waals surface area contributed by atoms with Crippen LogP contribution in [0.5, 0.6) is 0 Å². The minimum absolute atomic E-state index is 0.171. The molecule has 4 heteroatoms. The van der Waals surface area contributed by atoms with Gasteiger partial charge in [0.25, 0.3) is 0 Å². The number of esters is 1. The number of aliphatic hydroxyl groups is 1. The molecule has 0 aromatic heterocycles. The van der Waals surface area contributed by atoms with E-state index >= 15 is 0 Å². The number of carbonyl (C=O) groups is 1. The molecule has 1 rings (SSSR count). The molecule has 1 fully saturated rings. The predicted molar refractivity (Wildman–Crippen MR) is 67.1 cm³/mol. The van der Waals surface area contributed by atoms with Crippen LogP contribution in [0, 0.1) is 0 Å². The number of aliphatic hydroxyl groups excluding tert-OH is 1. The van der Waals surface area contributed by atoms with E-state index in [-0.39, 0.29) is 5.97 Å². The molecule has 1 aliphatic rings. The second-order valence-corrected chi connectivity index (χ2v) is 5.42. The Bertz CT molecular complexity index is 220. The molecule has 0 amide bonds. The maximum absolute atomic E-state index is 11.5. The number of halogens is 1. The van der Waals surface area contributed by atoms with Crippen molar-refractivity contribution >= 4 is 28.6 Å². The van der Waals surface area contributed by atoms with Gasteiger partial charge in [0, 0.05) is 10.8 Å². The molecule has 1 saturated carbocycles. The molecule has 0 heterocycles. The molecular weight excluding hydrogens is 307 g/mol. The minimum Gasteiger partial charge on any atom is -0.457 e. The van der Waals surface area contributed by atoms with Crippen LogP contribution in [0.15, 0.2) is 0 Å². The number of alkyl halides is 1. The first kappa shape index (κ1) is 13.2. The van der Waals surface area contributed by atoms with Gasteiger partial charge in [-0.1, -0.05) is 29.0 Å². The van der Waals surface area contributed by atoms with Crippen LogP contribution in [-0.2, 0) is 9.53 Å². The van der Waals surface area contributed by atoms with E-state index in [1.54, 1.807) is 0 Å². The van der Waals surface area contributed by atoms with Crippen molar-refractivity contribution in [3.05, 3.63) is 0 Å². The van der Waals surface area contributed by atoms with Gasteiger partial charge in [-0.15, -0.1) is 0 Å². The van der Waals surface area contributed by atoms with Crippen molar-refractivity contribution in [1.82, 2.24) is 0 Å². The fourth-order valence-corrected chi connectivity index (χ4v) is 2.31. The summed E-state index contributed by atoms with van der Waals surface area (Å²) < 4.78 is 6.37. The highest BCUT2D eigenvalue weighted by atomic mass is 127. The monoisotopic (exact) mass is 326 g/mol. The molecule has 0 spiro atoms. The molecule has 15 heavy (non-hydrogen) atoms. The van der Waals surface area contributed by atoms with Gasteiger partial charge >= 0.3 is 5.97 Å². The van der Waals surface area contributed by atoms with Gasteiger partial charge in [0.05, 0.1) is 6.10 Å². The third kappa shape index (κ3) is 3.90. The van der Waals surface area contributed by atoms with Gasteiger partial charge in [-0.2, -0.15) is 0 Å². The van der Waals surface area contributed by atoms with Crippen molar-refractivity contribution in [1.29, 1.82) is 0 Å². The Morgan fingerprint density at radius 2 is 2.33 bits per heavy atom. The molecule has 2 atom stereocenters. The van der Waals surface area contributed by atoms with Crippen molar-refractivity contribution in [2.45, 2.75) is 57.2 Å². The summed E-state index contributed by atoms with van der Waals surface area (Å²) in [5.74, 6) is -0.171. The lowest BCUT2D eigenvalue weighted by atomic mass is 9.83. The molecule has 88 valence electrons. The molecule has 0 aromatic carbocycles. The van der Waals surface area contributed by atoms with E-state index in [1.807, 2.05) is 6.92 Å². The summed E-state index contributed by atoms with van der Waals surface area (Å²) in [5, 5.41) is 9.82. The Morgan fingerprint density at radius 1 is 1.60 bits per heavy atom. The quantitative estimate of drug-likeness (QED) is 0.490. The van der Waals surface area contributed by atoms with E-state index in [2.05, 4.69) is 22.6 Å². The van der Waals surface area contributed by atoms with E-state index in [1.165, 1.54) is 0 Å². The van der Waals surface area contributed by atoms with Crippen LogP contribution in [0.1, 0.15) is 45.4 Å². The number of carbonyl (C=O) groups excluding carboxylic acids is 1. The Balaban J connectivity index is 2.43. The van der Waals surface area contributed by atoms with Crippen LogP contribution in [0.4, 0.5) is 0 Å². The van der Waals surface area contributed by atoms with Gasteiger partial charge in [-0.05, 0) is 32.6 Å². The van der Waals surface area contributed by atoms with Crippen LogP contribution < -0.4 is 0 Å². The predicted octanol–water partition coefficient (Wildman–Crippen LogP) is 2.44. The Hall–Kier alpha value is 0.160. The van der Waals surface area contributed by atoms with Gasteiger partial charge in [0.1, 0.15) is 5.60 Å². The summed E-state index contributed by atoms with van der Waals surface area (Å²) >= 11 is 2.24. The van der Waals surface area contributed by atoms with Gasteiger partial charge in [0.2, 0.25) is 0 Å². The van der Waals surface area contributed by atoms with E-state index < -0.39 is 11.7 Å². The average molecular weight is 326 g/mol. The van der Waals surface area contributed by atoms with Crippen molar-refractivity contribution in [3.63, 3.8) is 0 Å². The largest absolute Gasteiger partial charge is 0.457 e. The van der Waals surface area contributed by atoms with Crippen molar-refractivity contribution < 1.29 is 14.6 Å². The maximum atomic E-state index is 11.5. The summed E-state index contributed by atoms with van der Waals surface area (Å²) in [5.41, 5.74) is -0.638. The first-order valence-corrected chi connectivity index (χ1v) is 7.07. The van der Waals surface area contributed by atoms with Crippen molar-refractivity contribution in [2.24, 2.45) is 0 Å².